The van der Waals surface area contributed by atoms with Crippen LogP contribution in [0.3, 0.4) is 0 Å². The van der Waals surface area contributed by atoms with Gasteiger partial charge in [-0.05, 0) is 49.4 Å². The molecule has 1 saturated heterocycles. The Balaban J connectivity index is 1.50. The number of hydrogen-bond donors (Lipinski definition) is 0. The van der Waals surface area contributed by atoms with E-state index in [0.717, 1.165) is 33.9 Å². The Morgan fingerprint density at radius 1 is 0.912 bits per heavy atom. The predicted molar refractivity (Wildman–Crippen MR) is 128 cm³/mol. The van der Waals surface area contributed by atoms with Gasteiger partial charge in [-0.15, -0.1) is 0 Å². The molecular formula is C26H26N4O4. The second kappa shape index (κ2) is 9.15. The number of imidazole rings is 1. The van der Waals surface area contributed by atoms with Gasteiger partial charge < -0.3 is 19.1 Å². The molecule has 2 aromatic heterocycles. The Morgan fingerprint density at radius 3 is 2.32 bits per heavy atom. The Bertz CT molecular complexity index is 1340. The van der Waals surface area contributed by atoms with Crippen molar-refractivity contribution in [2.24, 2.45) is 0 Å². The number of hydrogen-bond acceptors (Lipinski definition) is 6. The maximum Gasteiger partial charge on any atom is 0.254 e. The first-order valence-electron chi connectivity index (χ1n) is 11.2. The third kappa shape index (κ3) is 3.97. The molecule has 8 heteroatoms. The quantitative estimate of drug-likeness (QED) is 0.452. The lowest BCUT2D eigenvalue weighted by molar-refractivity contribution is 0.0303. The number of aromatic nitrogens is 3. The Labute approximate surface area is 197 Å². The Kier molecular flexibility index (Phi) is 5.90. The molecule has 8 nitrogen and oxygen atoms in total. The molecule has 0 N–H and O–H groups in total. The van der Waals surface area contributed by atoms with Gasteiger partial charge in [-0.1, -0.05) is 12.1 Å². The first-order valence-corrected chi connectivity index (χ1v) is 11.2. The van der Waals surface area contributed by atoms with Crippen LogP contribution in [0.5, 0.6) is 11.5 Å². The third-order valence-corrected chi connectivity index (χ3v) is 6.03. The second-order valence-corrected chi connectivity index (χ2v) is 8.09. The zero-order valence-electron chi connectivity index (χ0n) is 19.4. The van der Waals surface area contributed by atoms with E-state index in [1.165, 1.54) is 0 Å². The lowest BCUT2D eigenvalue weighted by Gasteiger charge is -2.26. The topological polar surface area (TPSA) is 78.2 Å². The molecule has 0 unspecified atom stereocenters. The van der Waals surface area contributed by atoms with Crippen LogP contribution in [0.15, 0.2) is 54.6 Å². The van der Waals surface area contributed by atoms with E-state index in [4.69, 9.17) is 19.3 Å². The summed E-state index contributed by atoms with van der Waals surface area (Å²) in [5, 5.41) is 4.87. The molecule has 34 heavy (non-hydrogen) atoms. The van der Waals surface area contributed by atoms with E-state index in [1.54, 1.807) is 14.2 Å². The molecular weight excluding hydrogens is 432 g/mol. The maximum atomic E-state index is 12.8. The number of amides is 1. The molecule has 0 saturated carbocycles. The van der Waals surface area contributed by atoms with Crippen molar-refractivity contribution in [3.05, 3.63) is 65.9 Å². The minimum atomic E-state index is 0.0265. The molecule has 4 aromatic rings. The smallest absolute Gasteiger partial charge is 0.254 e. The molecule has 174 valence electrons. The summed E-state index contributed by atoms with van der Waals surface area (Å²) in [7, 11) is 3.23. The summed E-state index contributed by atoms with van der Waals surface area (Å²) in [5.41, 5.74) is 5.81. The van der Waals surface area contributed by atoms with Crippen molar-refractivity contribution in [2.75, 3.05) is 40.5 Å². The van der Waals surface area contributed by atoms with Crippen molar-refractivity contribution in [3.8, 4) is 34.0 Å². The summed E-state index contributed by atoms with van der Waals surface area (Å²) in [6.07, 6.45) is 0. The standard InChI is InChI=1S/C26H26N4O4/c1-17-25(18-4-6-19(7-5-18)26(31)29-12-14-34-15-13-29)30-24(27-17)11-9-21(28-30)20-8-10-22(32-2)23(16-20)33-3/h4-11,16H,12-15H2,1-3H3. The number of aryl methyl sites for hydroxylation is 1. The van der Waals surface area contributed by atoms with Crippen LogP contribution in [0.4, 0.5) is 0 Å². The number of benzene rings is 2. The fourth-order valence-electron chi connectivity index (χ4n) is 4.24. The van der Waals surface area contributed by atoms with Crippen LogP contribution in [-0.2, 0) is 4.74 Å². The van der Waals surface area contributed by atoms with E-state index in [9.17, 15) is 4.79 Å². The van der Waals surface area contributed by atoms with Gasteiger partial charge in [-0.3, -0.25) is 4.79 Å². The monoisotopic (exact) mass is 458 g/mol. The molecule has 0 radical (unpaired) electrons. The van der Waals surface area contributed by atoms with Crippen LogP contribution in [0.1, 0.15) is 16.1 Å². The maximum absolute atomic E-state index is 12.8. The zero-order chi connectivity index (χ0) is 23.7. The lowest BCUT2D eigenvalue weighted by Crippen LogP contribution is -2.40. The van der Waals surface area contributed by atoms with E-state index in [1.807, 2.05) is 70.9 Å². The van der Waals surface area contributed by atoms with Crippen LogP contribution in [-0.4, -0.2) is 65.9 Å². The average molecular weight is 459 g/mol. The van der Waals surface area contributed by atoms with E-state index < -0.39 is 0 Å². The van der Waals surface area contributed by atoms with Crippen LogP contribution < -0.4 is 9.47 Å². The minimum absolute atomic E-state index is 0.0265. The molecule has 1 amide bonds. The van der Waals surface area contributed by atoms with E-state index in [0.29, 0.717) is 43.4 Å². The fourth-order valence-corrected chi connectivity index (χ4v) is 4.24. The number of rotatable bonds is 5. The highest BCUT2D eigenvalue weighted by Gasteiger charge is 2.19. The molecule has 0 bridgehead atoms. The number of methoxy groups -OCH3 is 2. The Hall–Kier alpha value is -3.91. The van der Waals surface area contributed by atoms with Crippen LogP contribution in [0.2, 0.25) is 0 Å². The summed E-state index contributed by atoms with van der Waals surface area (Å²) in [4.78, 5) is 19.3. The molecule has 0 spiro atoms. The summed E-state index contributed by atoms with van der Waals surface area (Å²) in [6, 6.07) is 17.2. The van der Waals surface area contributed by atoms with Gasteiger partial charge >= 0.3 is 0 Å². The minimum Gasteiger partial charge on any atom is -0.493 e. The van der Waals surface area contributed by atoms with Gasteiger partial charge in [0.15, 0.2) is 17.1 Å². The molecule has 1 aliphatic heterocycles. The van der Waals surface area contributed by atoms with Gasteiger partial charge in [0.25, 0.3) is 5.91 Å². The summed E-state index contributed by atoms with van der Waals surface area (Å²) < 4.78 is 18.0. The number of ether oxygens (including phenoxy) is 3. The Morgan fingerprint density at radius 2 is 1.62 bits per heavy atom. The molecule has 2 aromatic carbocycles. The van der Waals surface area contributed by atoms with Gasteiger partial charge in [0.2, 0.25) is 0 Å². The normalized spacial score (nSPS) is 13.8. The number of carbonyl (C=O) groups excluding carboxylic acids is 1. The largest absolute Gasteiger partial charge is 0.493 e. The van der Waals surface area contributed by atoms with Crippen molar-refractivity contribution in [1.82, 2.24) is 19.5 Å². The fraction of sp³-hybridized carbons (Fsp3) is 0.269. The predicted octanol–water partition coefficient (Wildman–Crippen LogP) is 3.86. The van der Waals surface area contributed by atoms with E-state index in [2.05, 4.69) is 4.98 Å². The third-order valence-electron chi connectivity index (χ3n) is 6.03. The number of morpholine rings is 1. The average Bonchev–Trinajstić information content (AvgIpc) is 3.23. The molecule has 3 heterocycles. The van der Waals surface area contributed by atoms with Gasteiger partial charge in [0.05, 0.1) is 44.5 Å². The van der Waals surface area contributed by atoms with Gasteiger partial charge in [0, 0.05) is 29.8 Å². The van der Waals surface area contributed by atoms with Crippen LogP contribution >= 0.6 is 0 Å². The van der Waals surface area contributed by atoms with E-state index in [-0.39, 0.29) is 5.91 Å². The van der Waals surface area contributed by atoms with Crippen molar-refractivity contribution < 1.29 is 19.0 Å². The molecule has 1 aliphatic rings. The van der Waals surface area contributed by atoms with Gasteiger partial charge in [-0.2, -0.15) is 5.10 Å². The van der Waals surface area contributed by atoms with Crippen LogP contribution in [0, 0.1) is 6.92 Å². The zero-order valence-corrected chi connectivity index (χ0v) is 19.4. The van der Waals surface area contributed by atoms with E-state index >= 15 is 0 Å². The van der Waals surface area contributed by atoms with Crippen molar-refractivity contribution >= 4 is 11.6 Å². The molecule has 0 atom stereocenters. The summed E-state index contributed by atoms with van der Waals surface area (Å²) in [5.74, 6) is 1.33. The highest BCUT2D eigenvalue weighted by Crippen LogP contribution is 2.32. The van der Waals surface area contributed by atoms with Crippen molar-refractivity contribution in [2.45, 2.75) is 6.92 Å². The molecule has 0 aliphatic carbocycles. The first kappa shape index (κ1) is 21.9. The van der Waals surface area contributed by atoms with Gasteiger partial charge in [-0.25, -0.2) is 9.50 Å². The first-order chi connectivity index (χ1) is 16.6. The SMILES string of the molecule is COc1ccc(-c2ccc3nc(C)c(-c4ccc(C(=O)N5CCOCC5)cc4)n3n2)cc1OC. The number of fused-ring (bicyclic) bond motifs is 1. The second-order valence-electron chi connectivity index (χ2n) is 8.09. The lowest BCUT2D eigenvalue weighted by atomic mass is 10.1. The molecule has 1 fully saturated rings. The van der Waals surface area contributed by atoms with Crippen molar-refractivity contribution in [1.29, 1.82) is 0 Å². The molecule has 5 rings (SSSR count). The van der Waals surface area contributed by atoms with Crippen LogP contribution in [0.25, 0.3) is 28.2 Å². The highest BCUT2D eigenvalue weighted by atomic mass is 16.5. The summed E-state index contributed by atoms with van der Waals surface area (Å²) in [6.45, 7) is 4.37. The highest BCUT2D eigenvalue weighted by molar-refractivity contribution is 5.94. The number of carbonyl (C=O) groups is 1. The van der Waals surface area contributed by atoms with Crippen molar-refractivity contribution in [3.63, 3.8) is 0 Å². The van der Waals surface area contributed by atoms with Gasteiger partial charge in [0.1, 0.15) is 0 Å². The summed E-state index contributed by atoms with van der Waals surface area (Å²) >= 11 is 0. The number of nitrogens with zero attached hydrogens (tertiary/aromatic N) is 4.